The molecule has 1 heterocycles. The molecule has 1 aromatic heterocycles. The molecule has 1 N–H and O–H groups in total. The zero-order valence-corrected chi connectivity index (χ0v) is 13.7. The SMILES string of the molecule is CCN=C1Cc2nc3cc(NCC)c(C)cc3nc2C=C1C. The zero-order valence-electron chi connectivity index (χ0n) is 13.7. The Balaban J connectivity index is 2.13. The van der Waals surface area contributed by atoms with Crippen molar-refractivity contribution in [2.45, 2.75) is 34.1 Å². The Bertz CT molecular complexity index is 787. The molecule has 0 amide bonds. The summed E-state index contributed by atoms with van der Waals surface area (Å²) in [5.41, 5.74) is 8.57. The summed E-state index contributed by atoms with van der Waals surface area (Å²) < 4.78 is 0. The molecule has 2 aromatic rings. The normalized spacial score (nSPS) is 15.8. The summed E-state index contributed by atoms with van der Waals surface area (Å²) in [5, 5.41) is 3.38. The molecule has 1 aliphatic rings. The monoisotopic (exact) mass is 294 g/mol. The van der Waals surface area contributed by atoms with Crippen LogP contribution in [0.5, 0.6) is 0 Å². The lowest BCUT2D eigenvalue weighted by molar-refractivity contribution is 1.05. The molecule has 0 fully saturated rings. The quantitative estimate of drug-likeness (QED) is 0.937. The van der Waals surface area contributed by atoms with Crippen LogP contribution < -0.4 is 5.32 Å². The van der Waals surface area contributed by atoms with Gasteiger partial charge in [-0.05, 0) is 57.0 Å². The van der Waals surface area contributed by atoms with Crippen molar-refractivity contribution in [3.05, 3.63) is 34.7 Å². The number of aliphatic imine (C=N–C) groups is 1. The summed E-state index contributed by atoms with van der Waals surface area (Å²) in [6.45, 7) is 10.1. The molecule has 0 radical (unpaired) electrons. The minimum atomic E-state index is 0.777. The van der Waals surface area contributed by atoms with Gasteiger partial charge in [0.05, 0.1) is 22.4 Å². The first kappa shape index (κ1) is 14.7. The van der Waals surface area contributed by atoms with E-state index in [0.29, 0.717) is 0 Å². The lowest BCUT2D eigenvalue weighted by atomic mass is 9.98. The predicted octanol–water partition coefficient (Wildman–Crippen LogP) is 3.79. The third-order valence-corrected chi connectivity index (χ3v) is 3.97. The number of rotatable bonds is 3. The van der Waals surface area contributed by atoms with Crippen molar-refractivity contribution in [1.82, 2.24) is 9.97 Å². The molecule has 0 aliphatic heterocycles. The number of aryl methyl sites for hydroxylation is 1. The zero-order chi connectivity index (χ0) is 15.7. The van der Waals surface area contributed by atoms with Crippen molar-refractivity contribution in [2.75, 3.05) is 18.4 Å². The number of hydrogen-bond donors (Lipinski definition) is 1. The van der Waals surface area contributed by atoms with Gasteiger partial charge < -0.3 is 5.32 Å². The Morgan fingerprint density at radius 3 is 2.64 bits per heavy atom. The van der Waals surface area contributed by atoms with Crippen molar-refractivity contribution in [1.29, 1.82) is 0 Å². The lowest BCUT2D eigenvalue weighted by Crippen LogP contribution is -2.14. The van der Waals surface area contributed by atoms with Gasteiger partial charge in [0.25, 0.3) is 0 Å². The van der Waals surface area contributed by atoms with E-state index < -0.39 is 0 Å². The van der Waals surface area contributed by atoms with Crippen molar-refractivity contribution in [2.24, 2.45) is 4.99 Å². The van der Waals surface area contributed by atoms with E-state index in [1.54, 1.807) is 0 Å². The summed E-state index contributed by atoms with van der Waals surface area (Å²) in [7, 11) is 0. The van der Waals surface area contributed by atoms with Gasteiger partial charge in [0.1, 0.15) is 0 Å². The van der Waals surface area contributed by atoms with E-state index in [-0.39, 0.29) is 0 Å². The Morgan fingerprint density at radius 1 is 1.14 bits per heavy atom. The molecule has 1 aliphatic carbocycles. The van der Waals surface area contributed by atoms with Crippen molar-refractivity contribution < 1.29 is 0 Å². The highest BCUT2D eigenvalue weighted by atomic mass is 14.9. The second-order valence-corrected chi connectivity index (χ2v) is 5.67. The lowest BCUT2D eigenvalue weighted by Gasteiger charge is -2.16. The van der Waals surface area contributed by atoms with Gasteiger partial charge in [-0.3, -0.25) is 4.99 Å². The van der Waals surface area contributed by atoms with Crippen LogP contribution in [-0.4, -0.2) is 28.8 Å². The Labute approximate surface area is 131 Å². The van der Waals surface area contributed by atoms with Gasteiger partial charge in [-0.25, -0.2) is 9.97 Å². The maximum atomic E-state index is 4.84. The van der Waals surface area contributed by atoms with Crippen LogP contribution in [0.25, 0.3) is 17.1 Å². The number of aromatic nitrogens is 2. The van der Waals surface area contributed by atoms with E-state index in [1.807, 2.05) is 0 Å². The van der Waals surface area contributed by atoms with Gasteiger partial charge in [0, 0.05) is 30.9 Å². The van der Waals surface area contributed by atoms with Crippen molar-refractivity contribution >= 4 is 28.5 Å². The number of nitrogens with one attached hydrogen (secondary N) is 1. The van der Waals surface area contributed by atoms with Crippen LogP contribution >= 0.6 is 0 Å². The van der Waals surface area contributed by atoms with E-state index in [2.05, 4.69) is 56.2 Å². The third kappa shape index (κ3) is 2.61. The number of benzene rings is 1. The summed E-state index contributed by atoms with van der Waals surface area (Å²) >= 11 is 0. The summed E-state index contributed by atoms with van der Waals surface area (Å²) in [6.07, 6.45) is 2.88. The summed E-state index contributed by atoms with van der Waals surface area (Å²) in [6, 6.07) is 4.21. The Hall–Kier alpha value is -2.23. The van der Waals surface area contributed by atoms with E-state index in [9.17, 15) is 0 Å². The number of anilines is 1. The number of fused-ring (bicyclic) bond motifs is 2. The van der Waals surface area contributed by atoms with E-state index >= 15 is 0 Å². The fourth-order valence-corrected chi connectivity index (χ4v) is 2.84. The topological polar surface area (TPSA) is 50.2 Å². The number of hydrogen-bond acceptors (Lipinski definition) is 4. The van der Waals surface area contributed by atoms with Crippen LogP contribution in [0.1, 0.15) is 37.7 Å². The van der Waals surface area contributed by atoms with Crippen LogP contribution in [0, 0.1) is 6.92 Å². The predicted molar refractivity (Wildman–Crippen MR) is 93.8 cm³/mol. The molecule has 0 saturated carbocycles. The summed E-state index contributed by atoms with van der Waals surface area (Å²) in [5.74, 6) is 0. The molecule has 114 valence electrons. The molecule has 4 heteroatoms. The Kier molecular flexibility index (Phi) is 3.92. The van der Waals surface area contributed by atoms with Gasteiger partial charge in [-0.15, -0.1) is 0 Å². The van der Waals surface area contributed by atoms with E-state index in [4.69, 9.17) is 9.97 Å². The highest BCUT2D eigenvalue weighted by molar-refractivity contribution is 6.06. The van der Waals surface area contributed by atoms with E-state index in [0.717, 1.165) is 53.3 Å². The largest absolute Gasteiger partial charge is 0.385 e. The molecule has 0 unspecified atom stereocenters. The van der Waals surface area contributed by atoms with Gasteiger partial charge >= 0.3 is 0 Å². The van der Waals surface area contributed by atoms with Crippen LogP contribution in [0.15, 0.2) is 22.7 Å². The maximum Gasteiger partial charge on any atom is 0.0911 e. The van der Waals surface area contributed by atoms with Crippen LogP contribution in [0.3, 0.4) is 0 Å². The molecule has 1 aromatic carbocycles. The summed E-state index contributed by atoms with van der Waals surface area (Å²) in [4.78, 5) is 14.2. The molecule has 0 saturated heterocycles. The van der Waals surface area contributed by atoms with Crippen LogP contribution in [0.4, 0.5) is 5.69 Å². The molecule has 0 spiro atoms. The minimum Gasteiger partial charge on any atom is -0.385 e. The molecule has 22 heavy (non-hydrogen) atoms. The Morgan fingerprint density at radius 2 is 1.91 bits per heavy atom. The fourth-order valence-electron chi connectivity index (χ4n) is 2.84. The smallest absolute Gasteiger partial charge is 0.0911 e. The maximum absolute atomic E-state index is 4.84. The highest BCUT2D eigenvalue weighted by Gasteiger charge is 2.17. The minimum absolute atomic E-state index is 0.777. The molecular formula is C18H22N4. The van der Waals surface area contributed by atoms with Crippen molar-refractivity contribution in [3.63, 3.8) is 0 Å². The molecule has 4 nitrogen and oxygen atoms in total. The van der Waals surface area contributed by atoms with E-state index in [1.165, 1.54) is 11.1 Å². The van der Waals surface area contributed by atoms with Crippen LogP contribution in [-0.2, 0) is 6.42 Å². The van der Waals surface area contributed by atoms with Crippen LogP contribution in [0.2, 0.25) is 0 Å². The molecular weight excluding hydrogens is 272 g/mol. The molecule has 3 rings (SSSR count). The second-order valence-electron chi connectivity index (χ2n) is 5.67. The first-order valence-electron chi connectivity index (χ1n) is 7.89. The van der Waals surface area contributed by atoms with Gasteiger partial charge in [-0.1, -0.05) is 0 Å². The average molecular weight is 294 g/mol. The molecule has 0 atom stereocenters. The number of allylic oxidation sites excluding steroid dienone is 1. The molecule has 0 bridgehead atoms. The first-order chi connectivity index (χ1) is 10.6. The average Bonchev–Trinajstić information content (AvgIpc) is 2.48. The second kappa shape index (κ2) is 5.87. The standard InChI is InChI=1S/C18H22N4/c1-5-19-13-9-17-15(7-11(13)3)21-16-8-12(4)14(20-6-2)10-18(16)22-17/h7-9,19H,5-6,10H2,1-4H3. The fraction of sp³-hybridized carbons (Fsp3) is 0.389. The van der Waals surface area contributed by atoms with Crippen molar-refractivity contribution in [3.8, 4) is 0 Å². The van der Waals surface area contributed by atoms with Gasteiger partial charge in [-0.2, -0.15) is 0 Å². The highest BCUT2D eigenvalue weighted by Crippen LogP contribution is 2.26. The first-order valence-corrected chi connectivity index (χ1v) is 7.89. The van der Waals surface area contributed by atoms with Gasteiger partial charge in [0.15, 0.2) is 0 Å². The third-order valence-electron chi connectivity index (χ3n) is 3.97. The van der Waals surface area contributed by atoms with Gasteiger partial charge in [0.2, 0.25) is 0 Å². The number of nitrogens with zero attached hydrogens (tertiary/aromatic N) is 3.